The third-order valence-corrected chi connectivity index (χ3v) is 2.07. The Bertz CT molecular complexity index is 150. The Kier molecular flexibility index (Phi) is 3.01. The Morgan fingerprint density at radius 3 is 2.58 bits per heavy atom. The molecule has 0 N–H and O–H groups in total. The maximum atomic E-state index is 13.2. The summed E-state index contributed by atoms with van der Waals surface area (Å²) in [5, 5.41) is 0. The SMILES string of the molecule is CC(C)N1CCOCCC1(F)F. The Morgan fingerprint density at radius 1 is 1.33 bits per heavy atom. The maximum Gasteiger partial charge on any atom is 0.307 e. The molecule has 1 rings (SSSR count). The lowest BCUT2D eigenvalue weighted by Crippen LogP contribution is -2.46. The Morgan fingerprint density at radius 2 is 2.00 bits per heavy atom. The Hall–Kier alpha value is -0.220. The molecule has 4 heteroatoms. The van der Waals surface area contributed by atoms with Gasteiger partial charge in [-0.15, -0.1) is 0 Å². The van der Waals surface area contributed by atoms with E-state index in [0.717, 1.165) is 0 Å². The van der Waals surface area contributed by atoms with Gasteiger partial charge in [0.1, 0.15) is 0 Å². The molecule has 2 nitrogen and oxygen atoms in total. The quantitative estimate of drug-likeness (QED) is 0.568. The van der Waals surface area contributed by atoms with Crippen molar-refractivity contribution in [3.63, 3.8) is 0 Å². The van der Waals surface area contributed by atoms with Crippen LogP contribution in [0.15, 0.2) is 0 Å². The zero-order valence-corrected chi connectivity index (χ0v) is 7.52. The molecular weight excluding hydrogens is 164 g/mol. The van der Waals surface area contributed by atoms with Gasteiger partial charge in [-0.05, 0) is 13.8 Å². The van der Waals surface area contributed by atoms with E-state index in [4.69, 9.17) is 4.74 Å². The molecule has 12 heavy (non-hydrogen) atoms. The smallest absolute Gasteiger partial charge is 0.307 e. The summed E-state index contributed by atoms with van der Waals surface area (Å²) in [7, 11) is 0. The summed E-state index contributed by atoms with van der Waals surface area (Å²) in [6.07, 6.45) is -0.189. The van der Waals surface area contributed by atoms with E-state index in [0.29, 0.717) is 13.2 Å². The molecular formula is C8H15F2NO. The fourth-order valence-corrected chi connectivity index (χ4v) is 1.40. The van der Waals surface area contributed by atoms with Gasteiger partial charge in [-0.2, -0.15) is 8.78 Å². The third kappa shape index (κ3) is 2.14. The van der Waals surface area contributed by atoms with Crippen molar-refractivity contribution in [2.24, 2.45) is 0 Å². The summed E-state index contributed by atoms with van der Waals surface area (Å²) in [4.78, 5) is 1.19. The molecule has 0 radical (unpaired) electrons. The van der Waals surface area contributed by atoms with Crippen LogP contribution in [0.2, 0.25) is 0 Å². The molecule has 0 aromatic rings. The lowest BCUT2D eigenvalue weighted by Gasteiger charge is -2.31. The van der Waals surface area contributed by atoms with E-state index < -0.39 is 6.05 Å². The standard InChI is InChI=1S/C8H15F2NO/c1-7(2)11-4-6-12-5-3-8(11,9)10/h7H,3-6H2,1-2H3. The number of nitrogens with zero attached hydrogens (tertiary/aromatic N) is 1. The summed E-state index contributed by atoms with van der Waals surface area (Å²) in [6, 6.07) is -2.81. The molecule has 1 aliphatic heterocycles. The average molecular weight is 179 g/mol. The van der Waals surface area contributed by atoms with Crippen molar-refractivity contribution >= 4 is 0 Å². The molecule has 72 valence electrons. The molecule has 0 saturated carbocycles. The predicted octanol–water partition coefficient (Wildman–Crippen LogP) is 1.71. The predicted molar refractivity (Wildman–Crippen MR) is 42.2 cm³/mol. The summed E-state index contributed by atoms with van der Waals surface area (Å²) >= 11 is 0. The van der Waals surface area contributed by atoms with E-state index in [1.807, 2.05) is 0 Å². The number of hydrogen-bond acceptors (Lipinski definition) is 2. The number of hydrogen-bond donors (Lipinski definition) is 0. The minimum atomic E-state index is -2.69. The van der Waals surface area contributed by atoms with Gasteiger partial charge in [0.05, 0.1) is 13.2 Å². The number of halogens is 2. The van der Waals surface area contributed by atoms with Crippen molar-refractivity contribution in [2.45, 2.75) is 32.4 Å². The average Bonchev–Trinajstić information content (AvgIpc) is 2.09. The largest absolute Gasteiger partial charge is 0.380 e. The molecule has 0 atom stereocenters. The molecule has 1 aliphatic rings. The van der Waals surface area contributed by atoms with E-state index in [1.54, 1.807) is 13.8 Å². The van der Waals surface area contributed by atoms with E-state index in [9.17, 15) is 8.78 Å². The molecule has 1 fully saturated rings. The second kappa shape index (κ2) is 3.66. The second-order valence-corrected chi connectivity index (χ2v) is 3.32. The summed E-state index contributed by atoms with van der Waals surface area (Å²) < 4.78 is 31.4. The minimum absolute atomic E-state index is 0.123. The van der Waals surface area contributed by atoms with E-state index in [-0.39, 0.29) is 19.1 Å². The van der Waals surface area contributed by atoms with Crippen LogP contribution < -0.4 is 0 Å². The molecule has 0 aliphatic carbocycles. The first-order valence-electron chi connectivity index (χ1n) is 4.26. The van der Waals surface area contributed by atoms with Gasteiger partial charge in [0.25, 0.3) is 0 Å². The lowest BCUT2D eigenvalue weighted by atomic mass is 10.2. The minimum Gasteiger partial charge on any atom is -0.380 e. The van der Waals surface area contributed by atoms with Gasteiger partial charge in [-0.25, -0.2) is 4.90 Å². The Balaban J connectivity index is 2.65. The fraction of sp³-hybridized carbons (Fsp3) is 1.00. The maximum absolute atomic E-state index is 13.2. The zero-order chi connectivity index (χ0) is 9.19. The Labute approximate surface area is 71.5 Å². The van der Waals surface area contributed by atoms with Gasteiger partial charge >= 0.3 is 6.05 Å². The van der Waals surface area contributed by atoms with Crippen LogP contribution in [0.5, 0.6) is 0 Å². The number of rotatable bonds is 1. The molecule has 0 aromatic carbocycles. The van der Waals surface area contributed by atoms with Crippen LogP contribution >= 0.6 is 0 Å². The first-order valence-corrected chi connectivity index (χ1v) is 4.26. The first-order chi connectivity index (χ1) is 5.54. The molecule has 0 unspecified atom stereocenters. The first kappa shape index (κ1) is 9.86. The van der Waals surface area contributed by atoms with Crippen molar-refractivity contribution < 1.29 is 13.5 Å². The molecule has 1 heterocycles. The van der Waals surface area contributed by atoms with Gasteiger partial charge in [-0.3, -0.25) is 0 Å². The van der Waals surface area contributed by atoms with Crippen LogP contribution in [0.25, 0.3) is 0 Å². The number of alkyl halides is 2. The third-order valence-electron chi connectivity index (χ3n) is 2.07. The van der Waals surface area contributed by atoms with Crippen molar-refractivity contribution in [1.29, 1.82) is 0 Å². The zero-order valence-electron chi connectivity index (χ0n) is 7.52. The topological polar surface area (TPSA) is 12.5 Å². The monoisotopic (exact) mass is 179 g/mol. The normalized spacial score (nSPS) is 25.8. The van der Waals surface area contributed by atoms with Crippen LogP contribution in [0.4, 0.5) is 8.78 Å². The molecule has 0 aromatic heterocycles. The molecule has 1 saturated heterocycles. The van der Waals surface area contributed by atoms with Gasteiger partial charge in [0, 0.05) is 19.0 Å². The van der Waals surface area contributed by atoms with Gasteiger partial charge in [-0.1, -0.05) is 0 Å². The number of ether oxygens (including phenoxy) is 1. The summed E-state index contributed by atoms with van der Waals surface area (Å²) in [5.41, 5.74) is 0. The van der Waals surface area contributed by atoms with Crippen molar-refractivity contribution in [1.82, 2.24) is 4.90 Å². The summed E-state index contributed by atoms with van der Waals surface area (Å²) in [5.74, 6) is 0. The fourth-order valence-electron chi connectivity index (χ4n) is 1.40. The molecule has 0 amide bonds. The van der Waals surface area contributed by atoms with Crippen molar-refractivity contribution in [3.8, 4) is 0 Å². The van der Waals surface area contributed by atoms with E-state index >= 15 is 0 Å². The highest BCUT2D eigenvalue weighted by Crippen LogP contribution is 2.27. The van der Waals surface area contributed by atoms with Crippen LogP contribution in [-0.2, 0) is 4.74 Å². The van der Waals surface area contributed by atoms with Gasteiger partial charge in [0.2, 0.25) is 0 Å². The summed E-state index contributed by atoms with van der Waals surface area (Å²) in [6.45, 7) is 4.45. The highest BCUT2D eigenvalue weighted by atomic mass is 19.3. The van der Waals surface area contributed by atoms with Crippen LogP contribution in [0.3, 0.4) is 0 Å². The second-order valence-electron chi connectivity index (χ2n) is 3.32. The van der Waals surface area contributed by atoms with Crippen LogP contribution in [-0.4, -0.2) is 36.7 Å². The van der Waals surface area contributed by atoms with Crippen LogP contribution in [0.1, 0.15) is 20.3 Å². The van der Waals surface area contributed by atoms with Crippen molar-refractivity contribution in [2.75, 3.05) is 19.8 Å². The van der Waals surface area contributed by atoms with Crippen LogP contribution in [0, 0.1) is 0 Å². The lowest BCUT2D eigenvalue weighted by molar-refractivity contribution is -0.157. The highest BCUT2D eigenvalue weighted by Gasteiger charge is 2.39. The molecule has 0 spiro atoms. The highest BCUT2D eigenvalue weighted by molar-refractivity contribution is 4.75. The van der Waals surface area contributed by atoms with E-state index in [2.05, 4.69) is 0 Å². The molecule has 0 bridgehead atoms. The van der Waals surface area contributed by atoms with E-state index in [1.165, 1.54) is 4.90 Å². The van der Waals surface area contributed by atoms with Crippen molar-refractivity contribution in [3.05, 3.63) is 0 Å². The van der Waals surface area contributed by atoms with Gasteiger partial charge < -0.3 is 4.74 Å². The van der Waals surface area contributed by atoms with Gasteiger partial charge in [0.15, 0.2) is 0 Å².